The lowest BCUT2D eigenvalue weighted by Gasteiger charge is -2.34. The van der Waals surface area contributed by atoms with Crippen molar-refractivity contribution in [2.45, 2.75) is 20.3 Å². The molecular formula is C20H27N7O. The highest BCUT2D eigenvalue weighted by atomic mass is 16.2. The Morgan fingerprint density at radius 1 is 1.11 bits per heavy atom. The van der Waals surface area contributed by atoms with E-state index in [1.165, 1.54) is 0 Å². The maximum Gasteiger partial charge on any atom is 0.225 e. The minimum absolute atomic E-state index is 0.0941. The molecule has 0 unspecified atom stereocenters. The number of nitrogens with one attached hydrogen (secondary N) is 1. The second kappa shape index (κ2) is 9.16. The van der Waals surface area contributed by atoms with Crippen LogP contribution in [-0.2, 0) is 4.79 Å². The number of aliphatic imine (C=N–C) groups is 1. The topological polar surface area (TPSA) is 99.7 Å². The number of hydrogen-bond donors (Lipinski definition) is 2. The molecule has 1 aliphatic rings. The molecule has 8 heteroatoms. The van der Waals surface area contributed by atoms with Gasteiger partial charge in [0.05, 0.1) is 6.54 Å². The van der Waals surface area contributed by atoms with E-state index >= 15 is 0 Å². The Morgan fingerprint density at radius 3 is 2.39 bits per heavy atom. The highest BCUT2D eigenvalue weighted by Crippen LogP contribution is 2.13. The number of piperazine rings is 1. The van der Waals surface area contributed by atoms with Crippen molar-refractivity contribution < 1.29 is 4.79 Å². The lowest BCUT2D eigenvalue weighted by molar-refractivity contribution is -0.131. The van der Waals surface area contributed by atoms with Crippen molar-refractivity contribution >= 4 is 23.5 Å². The van der Waals surface area contributed by atoms with Gasteiger partial charge in [-0.3, -0.25) is 9.79 Å². The van der Waals surface area contributed by atoms with E-state index in [1.807, 2.05) is 30.9 Å². The van der Waals surface area contributed by atoms with Crippen LogP contribution in [0.25, 0.3) is 0 Å². The van der Waals surface area contributed by atoms with Crippen molar-refractivity contribution in [3.05, 3.63) is 47.8 Å². The molecule has 2 heterocycles. The van der Waals surface area contributed by atoms with Gasteiger partial charge in [0.2, 0.25) is 11.9 Å². The maximum absolute atomic E-state index is 12.4. The number of aryl methyl sites for hydroxylation is 2. The summed E-state index contributed by atoms with van der Waals surface area (Å²) in [5, 5.41) is 3.08. The summed E-state index contributed by atoms with van der Waals surface area (Å²) in [6, 6.07) is 7.91. The molecule has 3 rings (SSSR count). The minimum Gasteiger partial charge on any atom is -0.370 e. The average molecular weight is 381 g/mol. The monoisotopic (exact) mass is 381 g/mol. The molecule has 0 atom stereocenters. The largest absolute Gasteiger partial charge is 0.370 e. The summed E-state index contributed by atoms with van der Waals surface area (Å²) in [6.07, 6.45) is 3.81. The first-order chi connectivity index (χ1) is 13.5. The number of benzene rings is 1. The lowest BCUT2D eigenvalue weighted by atomic mass is 10.1. The van der Waals surface area contributed by atoms with E-state index in [1.54, 1.807) is 18.5 Å². The van der Waals surface area contributed by atoms with Crippen molar-refractivity contribution in [2.24, 2.45) is 10.7 Å². The van der Waals surface area contributed by atoms with E-state index < -0.39 is 0 Å². The van der Waals surface area contributed by atoms with Crippen LogP contribution >= 0.6 is 0 Å². The molecule has 0 bridgehead atoms. The summed E-state index contributed by atoms with van der Waals surface area (Å²) in [6.45, 7) is 7.23. The summed E-state index contributed by atoms with van der Waals surface area (Å²) in [5.74, 6) is 1.13. The molecule has 1 aromatic carbocycles. The average Bonchev–Trinajstić information content (AvgIpc) is 2.68. The van der Waals surface area contributed by atoms with Crippen molar-refractivity contribution in [3.63, 3.8) is 0 Å². The van der Waals surface area contributed by atoms with Crippen molar-refractivity contribution in [1.82, 2.24) is 14.9 Å². The Hall–Kier alpha value is -3.16. The molecule has 1 aromatic heterocycles. The fourth-order valence-electron chi connectivity index (χ4n) is 3.27. The number of guanidine groups is 1. The number of nitrogens with zero attached hydrogens (tertiary/aromatic N) is 5. The molecule has 1 amide bonds. The second-order valence-electron chi connectivity index (χ2n) is 6.93. The highest BCUT2D eigenvalue weighted by Gasteiger charge is 2.21. The normalized spacial score (nSPS) is 14.9. The third-order valence-electron chi connectivity index (χ3n) is 4.57. The molecule has 1 saturated heterocycles. The van der Waals surface area contributed by atoms with Gasteiger partial charge in [-0.1, -0.05) is 6.07 Å². The van der Waals surface area contributed by atoms with E-state index in [0.29, 0.717) is 38.0 Å². The molecule has 0 saturated carbocycles. The molecule has 0 aliphatic carbocycles. The first kappa shape index (κ1) is 19.6. The fourth-order valence-corrected chi connectivity index (χ4v) is 3.27. The Morgan fingerprint density at radius 2 is 1.75 bits per heavy atom. The Balaban J connectivity index is 1.43. The molecule has 1 fully saturated rings. The number of amides is 1. The molecule has 0 spiro atoms. The van der Waals surface area contributed by atoms with E-state index in [2.05, 4.69) is 31.2 Å². The van der Waals surface area contributed by atoms with Gasteiger partial charge < -0.3 is 20.9 Å². The first-order valence-electron chi connectivity index (χ1n) is 9.46. The minimum atomic E-state index is 0.0941. The van der Waals surface area contributed by atoms with Gasteiger partial charge in [0.15, 0.2) is 5.96 Å². The number of carbonyl (C=O) groups excluding carboxylic acids is 1. The van der Waals surface area contributed by atoms with E-state index in [9.17, 15) is 4.79 Å². The lowest BCUT2D eigenvalue weighted by Crippen LogP contribution is -2.49. The van der Waals surface area contributed by atoms with Gasteiger partial charge in [-0.25, -0.2) is 9.97 Å². The molecule has 3 N–H and O–H groups in total. The third-order valence-corrected chi connectivity index (χ3v) is 4.57. The maximum atomic E-state index is 12.4. The zero-order valence-electron chi connectivity index (χ0n) is 16.4. The second-order valence-corrected chi connectivity index (χ2v) is 6.93. The van der Waals surface area contributed by atoms with Crippen LogP contribution in [0.5, 0.6) is 0 Å². The zero-order chi connectivity index (χ0) is 19.9. The summed E-state index contributed by atoms with van der Waals surface area (Å²) in [7, 11) is 0. The summed E-state index contributed by atoms with van der Waals surface area (Å²) in [5.41, 5.74) is 9.17. The zero-order valence-corrected chi connectivity index (χ0v) is 16.4. The van der Waals surface area contributed by atoms with Crippen LogP contribution in [0.1, 0.15) is 17.5 Å². The number of anilines is 2. The molecule has 0 radical (unpaired) electrons. The van der Waals surface area contributed by atoms with Gasteiger partial charge in [-0.05, 0) is 43.2 Å². The summed E-state index contributed by atoms with van der Waals surface area (Å²) >= 11 is 0. The molecule has 28 heavy (non-hydrogen) atoms. The molecular weight excluding hydrogens is 354 g/mol. The van der Waals surface area contributed by atoms with Gasteiger partial charge in [-0.2, -0.15) is 0 Å². The van der Waals surface area contributed by atoms with E-state index in [4.69, 9.17) is 5.73 Å². The summed E-state index contributed by atoms with van der Waals surface area (Å²) in [4.78, 5) is 29.2. The number of rotatable bonds is 5. The van der Waals surface area contributed by atoms with E-state index in [0.717, 1.165) is 29.9 Å². The Labute approximate surface area is 165 Å². The Bertz CT molecular complexity index is 809. The van der Waals surface area contributed by atoms with Crippen LogP contribution in [0.4, 0.5) is 11.6 Å². The first-order valence-corrected chi connectivity index (χ1v) is 9.46. The van der Waals surface area contributed by atoms with Crippen LogP contribution in [0, 0.1) is 13.8 Å². The predicted molar refractivity (Wildman–Crippen MR) is 111 cm³/mol. The third kappa shape index (κ3) is 5.42. The van der Waals surface area contributed by atoms with Crippen molar-refractivity contribution in [3.8, 4) is 0 Å². The van der Waals surface area contributed by atoms with Gasteiger partial charge in [0.25, 0.3) is 0 Å². The van der Waals surface area contributed by atoms with Crippen molar-refractivity contribution in [2.75, 3.05) is 42.9 Å². The van der Waals surface area contributed by atoms with Crippen LogP contribution in [0.2, 0.25) is 0 Å². The molecule has 1 aliphatic heterocycles. The van der Waals surface area contributed by atoms with Crippen LogP contribution in [0.3, 0.4) is 0 Å². The molecule has 148 valence electrons. The highest BCUT2D eigenvalue weighted by molar-refractivity contribution is 5.92. The van der Waals surface area contributed by atoms with Gasteiger partial charge in [-0.15, -0.1) is 0 Å². The number of carbonyl (C=O) groups is 1. The van der Waals surface area contributed by atoms with Gasteiger partial charge in [0.1, 0.15) is 0 Å². The van der Waals surface area contributed by atoms with Gasteiger partial charge in [0, 0.05) is 50.7 Å². The molecule has 2 aromatic rings. The molecule has 8 nitrogen and oxygen atoms in total. The van der Waals surface area contributed by atoms with Crippen molar-refractivity contribution in [1.29, 1.82) is 0 Å². The van der Waals surface area contributed by atoms with E-state index in [-0.39, 0.29) is 5.91 Å². The number of nitrogens with two attached hydrogens (primary N) is 1. The SMILES string of the molecule is Cc1cc(C)cc(NC(N)=NCCC(=O)N2CCN(c3ncccn3)CC2)c1. The smallest absolute Gasteiger partial charge is 0.225 e. The standard InChI is InChI=1S/C20H27N7O/c1-15-12-16(2)14-17(13-15)25-19(21)22-7-4-18(28)26-8-10-27(11-9-26)20-23-5-3-6-24-20/h3,5-6,12-14H,4,7-11H2,1-2H3,(H3,21,22,25). The van der Waals surface area contributed by atoms with Gasteiger partial charge >= 0.3 is 0 Å². The fraction of sp³-hybridized carbons (Fsp3) is 0.400. The Kier molecular flexibility index (Phi) is 6.41. The number of hydrogen-bond acceptors (Lipinski definition) is 5. The number of aromatic nitrogens is 2. The summed E-state index contributed by atoms with van der Waals surface area (Å²) < 4.78 is 0. The predicted octanol–water partition coefficient (Wildman–Crippen LogP) is 1.56. The quantitative estimate of drug-likeness (QED) is 0.602. The van der Waals surface area contributed by atoms with Crippen LogP contribution in [0.15, 0.2) is 41.7 Å². The van der Waals surface area contributed by atoms with Crippen LogP contribution in [-0.4, -0.2) is 59.5 Å². The van der Waals surface area contributed by atoms with Crippen LogP contribution < -0.4 is 16.0 Å².